The van der Waals surface area contributed by atoms with E-state index in [1.165, 1.54) is 10.4 Å². The minimum Gasteiger partial charge on any atom is -0.351 e. The van der Waals surface area contributed by atoms with Gasteiger partial charge < -0.3 is 15.5 Å². The van der Waals surface area contributed by atoms with Crippen molar-refractivity contribution in [2.24, 2.45) is 4.99 Å². The molecule has 0 radical (unpaired) electrons. The molecule has 3 heterocycles. The van der Waals surface area contributed by atoms with Gasteiger partial charge in [-0.3, -0.25) is 14.8 Å². The number of aromatic nitrogens is 1. The van der Waals surface area contributed by atoms with E-state index in [0.717, 1.165) is 18.7 Å². The van der Waals surface area contributed by atoms with Crippen molar-refractivity contribution in [1.29, 1.82) is 0 Å². The molecular formula is C17H21N5OS. The minimum absolute atomic E-state index is 0.0904. The predicted octanol–water partition coefficient (Wildman–Crippen LogP) is 1.39. The Morgan fingerprint density at radius 2 is 2.29 bits per heavy atom. The molecule has 0 spiro atoms. The first-order valence-corrected chi connectivity index (χ1v) is 8.81. The zero-order valence-electron chi connectivity index (χ0n) is 13.7. The molecule has 6 nitrogen and oxygen atoms in total. The van der Waals surface area contributed by atoms with Gasteiger partial charge >= 0.3 is 0 Å². The molecule has 2 N–H and O–H groups in total. The van der Waals surface area contributed by atoms with Gasteiger partial charge in [0.05, 0.1) is 18.8 Å². The Morgan fingerprint density at radius 1 is 1.38 bits per heavy atom. The fourth-order valence-electron chi connectivity index (χ4n) is 2.63. The third-order valence-electron chi connectivity index (χ3n) is 3.95. The number of guanidine groups is 1. The Kier molecular flexibility index (Phi) is 5.43. The second-order valence-corrected chi connectivity index (χ2v) is 6.54. The van der Waals surface area contributed by atoms with Crippen molar-refractivity contribution in [2.75, 3.05) is 20.1 Å². The molecule has 2 aromatic rings. The summed E-state index contributed by atoms with van der Waals surface area (Å²) in [5.41, 5.74) is 2.20. The van der Waals surface area contributed by atoms with Crippen LogP contribution in [0, 0.1) is 0 Å². The fourth-order valence-corrected chi connectivity index (χ4v) is 3.52. The fraction of sp³-hybridized carbons (Fsp3) is 0.353. The molecule has 1 aliphatic rings. The van der Waals surface area contributed by atoms with E-state index >= 15 is 0 Å². The van der Waals surface area contributed by atoms with Gasteiger partial charge in [0.25, 0.3) is 0 Å². The van der Waals surface area contributed by atoms with Gasteiger partial charge in [0.1, 0.15) is 0 Å². The maximum atomic E-state index is 12.4. The molecule has 126 valence electrons. The van der Waals surface area contributed by atoms with Crippen LogP contribution in [0.5, 0.6) is 0 Å². The second-order valence-electron chi connectivity index (χ2n) is 5.53. The summed E-state index contributed by atoms with van der Waals surface area (Å²) in [5.74, 6) is 0.690. The molecule has 0 atom stereocenters. The lowest BCUT2D eigenvalue weighted by atomic mass is 10.1. The van der Waals surface area contributed by atoms with Crippen LogP contribution >= 0.6 is 11.3 Å². The van der Waals surface area contributed by atoms with Crippen LogP contribution in [0.1, 0.15) is 16.1 Å². The van der Waals surface area contributed by atoms with Gasteiger partial charge in [-0.15, -0.1) is 11.3 Å². The van der Waals surface area contributed by atoms with E-state index < -0.39 is 0 Å². The van der Waals surface area contributed by atoms with Gasteiger partial charge in [0, 0.05) is 31.2 Å². The smallest absolute Gasteiger partial charge is 0.242 e. The predicted molar refractivity (Wildman–Crippen MR) is 95.9 cm³/mol. The zero-order valence-corrected chi connectivity index (χ0v) is 14.5. The summed E-state index contributed by atoms with van der Waals surface area (Å²) in [5, 5.41) is 8.34. The SMILES string of the molecule is CN=C(NCC(=O)N1CCc2sccc2C1)NCc1ccccn1. The maximum Gasteiger partial charge on any atom is 0.242 e. The lowest BCUT2D eigenvalue weighted by Gasteiger charge is -2.27. The summed E-state index contributed by atoms with van der Waals surface area (Å²) < 4.78 is 0. The Morgan fingerprint density at radius 3 is 3.08 bits per heavy atom. The topological polar surface area (TPSA) is 69.6 Å². The van der Waals surface area contributed by atoms with Gasteiger partial charge in [-0.05, 0) is 35.6 Å². The number of amides is 1. The van der Waals surface area contributed by atoms with Crippen molar-refractivity contribution in [3.8, 4) is 0 Å². The van der Waals surface area contributed by atoms with E-state index in [0.29, 0.717) is 19.0 Å². The molecule has 0 fully saturated rings. The van der Waals surface area contributed by atoms with Crippen LogP contribution in [0.25, 0.3) is 0 Å². The first-order valence-electron chi connectivity index (χ1n) is 7.93. The third kappa shape index (κ3) is 4.11. The van der Waals surface area contributed by atoms with E-state index in [-0.39, 0.29) is 12.5 Å². The van der Waals surface area contributed by atoms with Crippen LogP contribution in [0.2, 0.25) is 0 Å². The molecule has 0 aromatic carbocycles. The summed E-state index contributed by atoms with van der Waals surface area (Å²) in [6.07, 6.45) is 2.71. The van der Waals surface area contributed by atoms with Crippen molar-refractivity contribution in [2.45, 2.75) is 19.5 Å². The highest BCUT2D eigenvalue weighted by Crippen LogP contribution is 2.23. The Bertz CT molecular complexity index is 713. The van der Waals surface area contributed by atoms with E-state index in [2.05, 4.69) is 32.1 Å². The Balaban J connectivity index is 1.46. The molecule has 24 heavy (non-hydrogen) atoms. The minimum atomic E-state index is 0.0904. The molecule has 0 saturated heterocycles. The highest BCUT2D eigenvalue weighted by atomic mass is 32.1. The van der Waals surface area contributed by atoms with Gasteiger partial charge in [-0.2, -0.15) is 0 Å². The monoisotopic (exact) mass is 343 g/mol. The molecule has 0 bridgehead atoms. The van der Waals surface area contributed by atoms with Crippen LogP contribution < -0.4 is 10.6 Å². The highest BCUT2D eigenvalue weighted by molar-refractivity contribution is 7.10. The van der Waals surface area contributed by atoms with Crippen molar-refractivity contribution < 1.29 is 4.79 Å². The summed E-state index contributed by atoms with van der Waals surface area (Å²) in [6, 6.07) is 7.88. The van der Waals surface area contributed by atoms with Gasteiger partial charge in [-0.1, -0.05) is 6.07 Å². The number of hydrogen-bond donors (Lipinski definition) is 2. The van der Waals surface area contributed by atoms with Crippen LogP contribution in [0.15, 0.2) is 40.8 Å². The third-order valence-corrected chi connectivity index (χ3v) is 4.98. The number of pyridine rings is 1. The molecule has 1 amide bonds. The van der Waals surface area contributed by atoms with Crippen molar-refractivity contribution in [3.05, 3.63) is 52.0 Å². The van der Waals surface area contributed by atoms with E-state index in [4.69, 9.17) is 0 Å². The summed E-state index contributed by atoms with van der Waals surface area (Å²) in [7, 11) is 1.69. The van der Waals surface area contributed by atoms with Crippen LogP contribution in [-0.4, -0.2) is 41.9 Å². The van der Waals surface area contributed by atoms with E-state index in [1.807, 2.05) is 23.1 Å². The zero-order chi connectivity index (χ0) is 16.8. The van der Waals surface area contributed by atoms with Crippen LogP contribution in [-0.2, 0) is 24.3 Å². The second kappa shape index (κ2) is 7.92. The average Bonchev–Trinajstić information content (AvgIpc) is 3.10. The van der Waals surface area contributed by atoms with E-state index in [9.17, 15) is 4.79 Å². The number of carbonyl (C=O) groups excluding carboxylic acids is 1. The van der Waals surface area contributed by atoms with Gasteiger partial charge in [0.15, 0.2) is 5.96 Å². The highest BCUT2D eigenvalue weighted by Gasteiger charge is 2.21. The quantitative estimate of drug-likeness (QED) is 0.650. The normalized spacial score (nSPS) is 14.2. The average molecular weight is 343 g/mol. The number of nitrogens with zero attached hydrogens (tertiary/aromatic N) is 3. The standard InChI is InChI=1S/C17H21N5OS/c1-18-17(20-10-14-4-2-3-7-19-14)21-11-16(23)22-8-5-15-13(12-22)6-9-24-15/h2-4,6-7,9H,5,8,10-12H2,1H3,(H2,18,20,21). The van der Waals surface area contributed by atoms with Crippen LogP contribution in [0.4, 0.5) is 0 Å². The molecule has 3 rings (SSSR count). The molecular weight excluding hydrogens is 322 g/mol. The molecule has 1 aliphatic heterocycles. The number of nitrogens with one attached hydrogen (secondary N) is 2. The Hall–Kier alpha value is -2.41. The number of hydrogen-bond acceptors (Lipinski definition) is 4. The lowest BCUT2D eigenvalue weighted by Crippen LogP contribution is -2.45. The molecule has 7 heteroatoms. The number of aliphatic imine (C=N–C) groups is 1. The molecule has 0 aliphatic carbocycles. The summed E-state index contributed by atoms with van der Waals surface area (Å²) >= 11 is 1.78. The number of thiophene rings is 1. The molecule has 2 aromatic heterocycles. The van der Waals surface area contributed by atoms with Crippen molar-refractivity contribution >= 4 is 23.2 Å². The number of carbonyl (C=O) groups is 1. The summed E-state index contributed by atoms with van der Waals surface area (Å²) in [4.78, 5) is 24.1. The van der Waals surface area contributed by atoms with E-state index in [1.54, 1.807) is 24.6 Å². The van der Waals surface area contributed by atoms with Gasteiger partial charge in [-0.25, -0.2) is 0 Å². The first-order chi connectivity index (χ1) is 11.8. The first kappa shape index (κ1) is 16.4. The number of fused-ring (bicyclic) bond motifs is 1. The van der Waals surface area contributed by atoms with Crippen molar-refractivity contribution in [1.82, 2.24) is 20.5 Å². The van der Waals surface area contributed by atoms with Crippen molar-refractivity contribution in [3.63, 3.8) is 0 Å². The van der Waals surface area contributed by atoms with Gasteiger partial charge in [0.2, 0.25) is 5.91 Å². The lowest BCUT2D eigenvalue weighted by molar-refractivity contribution is -0.130. The Labute approximate surface area is 145 Å². The maximum absolute atomic E-state index is 12.4. The molecule has 0 unspecified atom stereocenters. The largest absolute Gasteiger partial charge is 0.351 e. The number of rotatable bonds is 4. The molecule has 0 saturated carbocycles. The van der Waals surface area contributed by atoms with Crippen LogP contribution in [0.3, 0.4) is 0 Å². The summed E-state index contributed by atoms with van der Waals surface area (Å²) in [6.45, 7) is 2.30.